The van der Waals surface area contributed by atoms with E-state index in [1.807, 2.05) is 0 Å². The zero-order valence-electron chi connectivity index (χ0n) is 35.0. The smallest absolute Gasteiger partial charge is 0.0717 e. The van der Waals surface area contributed by atoms with Crippen LogP contribution in [0.3, 0.4) is 0 Å². The van der Waals surface area contributed by atoms with Gasteiger partial charge in [-0.1, -0.05) is 192 Å². The maximum atomic E-state index is 6.19. The van der Waals surface area contributed by atoms with Crippen molar-refractivity contribution in [1.29, 1.82) is 0 Å². The summed E-state index contributed by atoms with van der Waals surface area (Å²) in [5.74, 6) is 0. The van der Waals surface area contributed by atoms with Gasteiger partial charge in [-0.15, -0.1) is 0 Å². The Kier molecular flexibility index (Phi) is 30.2. The molecule has 0 saturated heterocycles. The van der Waals surface area contributed by atoms with Crippen molar-refractivity contribution in [2.45, 2.75) is 182 Å². The summed E-state index contributed by atoms with van der Waals surface area (Å²) < 4.78 is 12.4. The van der Waals surface area contributed by atoms with Crippen LogP contribution in [0.1, 0.15) is 180 Å². The van der Waals surface area contributed by atoms with Crippen LogP contribution >= 0.6 is 0 Å². The van der Waals surface area contributed by atoms with Crippen LogP contribution in [0.5, 0.6) is 0 Å². The summed E-state index contributed by atoms with van der Waals surface area (Å²) in [6.45, 7) is 19.2. The molecule has 2 aromatic carbocycles. The Hall–Kier alpha value is -1.72. The maximum absolute atomic E-state index is 6.19. The van der Waals surface area contributed by atoms with Crippen molar-refractivity contribution in [3.63, 3.8) is 0 Å². The van der Waals surface area contributed by atoms with Crippen LogP contribution in [-0.2, 0) is 22.7 Å². The Balaban J connectivity index is 1.71. The summed E-state index contributed by atoms with van der Waals surface area (Å²) in [5.41, 5.74) is 5.02. The third-order valence-electron chi connectivity index (χ3n) is 10.7. The predicted molar refractivity (Wildman–Crippen MR) is 228 cm³/mol. The largest absolute Gasteiger partial charge is 0.375 e. The zero-order valence-corrected chi connectivity index (χ0v) is 35.0. The van der Waals surface area contributed by atoms with Gasteiger partial charge >= 0.3 is 0 Å². The van der Waals surface area contributed by atoms with Crippen LogP contribution in [0.4, 0.5) is 0 Å². The van der Waals surface area contributed by atoms with Crippen molar-refractivity contribution >= 4 is 0 Å². The van der Waals surface area contributed by atoms with Crippen LogP contribution in [0.2, 0.25) is 0 Å². The van der Waals surface area contributed by atoms with Crippen LogP contribution in [-0.4, -0.2) is 62.3 Å². The molecule has 0 fully saturated rings. The third-order valence-corrected chi connectivity index (χ3v) is 10.7. The number of benzene rings is 2. The number of nitrogens with zero attached hydrogens (tertiary/aromatic N) is 2. The molecule has 0 aliphatic carbocycles. The minimum absolute atomic E-state index is 0.688. The van der Waals surface area contributed by atoms with Gasteiger partial charge < -0.3 is 19.3 Å². The molecule has 0 unspecified atom stereocenters. The summed E-state index contributed by atoms with van der Waals surface area (Å²) in [5, 5.41) is 0. The quantitative estimate of drug-likeness (QED) is 0.0649. The van der Waals surface area contributed by atoms with E-state index in [1.54, 1.807) is 0 Å². The average Bonchev–Trinajstić information content (AvgIpc) is 3.17. The Labute approximate surface area is 323 Å². The number of ether oxygens (including phenoxy) is 2. The lowest BCUT2D eigenvalue weighted by molar-refractivity contribution is 0.0911. The van der Waals surface area contributed by atoms with Crippen molar-refractivity contribution in [2.75, 3.05) is 52.5 Å². The summed E-state index contributed by atoms with van der Waals surface area (Å²) in [4.78, 5) is 5.32. The van der Waals surface area contributed by atoms with Gasteiger partial charge in [-0.2, -0.15) is 0 Å². The van der Waals surface area contributed by atoms with Gasteiger partial charge in [0.15, 0.2) is 0 Å². The van der Waals surface area contributed by atoms with Crippen molar-refractivity contribution in [2.24, 2.45) is 0 Å². The highest BCUT2D eigenvalue weighted by Gasteiger charge is 2.08. The van der Waals surface area contributed by atoms with Gasteiger partial charge in [0.05, 0.1) is 26.4 Å². The van der Waals surface area contributed by atoms with E-state index in [-0.39, 0.29) is 0 Å². The Bertz CT molecular complexity index is 940. The normalized spacial score (nSPS) is 11.7. The number of hydrogen-bond acceptors (Lipinski definition) is 4. The fourth-order valence-corrected chi connectivity index (χ4v) is 7.13. The Morgan fingerprint density at radius 1 is 0.327 bits per heavy atom. The monoisotopic (exact) mass is 721 g/mol. The Morgan fingerprint density at radius 3 is 0.885 bits per heavy atom. The van der Waals surface area contributed by atoms with Crippen LogP contribution in [0, 0.1) is 0 Å². The maximum Gasteiger partial charge on any atom is 0.0717 e. The SMILES string of the molecule is CCCCCCCCN(CCCCCCC)CCOCc1ccc(-c2ccc(COCCN(CCCCCCC)CCCCCCCC)cc2)cc1. The fraction of sp³-hybridized carbons (Fsp3) is 0.750. The third kappa shape index (κ3) is 24.6. The summed E-state index contributed by atoms with van der Waals surface area (Å²) in [6, 6.07) is 17.9. The highest BCUT2D eigenvalue weighted by Crippen LogP contribution is 2.21. The predicted octanol–water partition coefficient (Wildman–Crippen LogP) is 13.7. The molecule has 52 heavy (non-hydrogen) atoms. The average molecular weight is 721 g/mol. The molecule has 0 saturated carbocycles. The minimum Gasteiger partial charge on any atom is -0.375 e. The molecule has 298 valence electrons. The van der Waals surface area contributed by atoms with Crippen LogP contribution in [0.25, 0.3) is 11.1 Å². The first-order valence-electron chi connectivity index (χ1n) is 22.5. The first-order chi connectivity index (χ1) is 25.7. The summed E-state index contributed by atoms with van der Waals surface area (Å²) in [7, 11) is 0. The number of hydrogen-bond donors (Lipinski definition) is 0. The second kappa shape index (κ2) is 33.8. The molecular formula is C48H84N2O2. The van der Waals surface area contributed by atoms with Gasteiger partial charge in [0.1, 0.15) is 0 Å². The molecule has 0 bridgehead atoms. The lowest BCUT2D eigenvalue weighted by atomic mass is 10.0. The first kappa shape index (κ1) is 46.4. The van der Waals surface area contributed by atoms with Gasteiger partial charge in [0.25, 0.3) is 0 Å². The molecule has 0 amide bonds. The van der Waals surface area contributed by atoms with Crippen molar-refractivity contribution in [1.82, 2.24) is 9.80 Å². The van der Waals surface area contributed by atoms with E-state index >= 15 is 0 Å². The topological polar surface area (TPSA) is 24.9 Å². The summed E-state index contributed by atoms with van der Waals surface area (Å²) >= 11 is 0. The molecule has 2 aromatic rings. The fourth-order valence-electron chi connectivity index (χ4n) is 7.13. The second-order valence-electron chi connectivity index (χ2n) is 15.5. The van der Waals surface area contributed by atoms with Gasteiger partial charge in [-0.3, -0.25) is 0 Å². The highest BCUT2D eigenvalue weighted by molar-refractivity contribution is 5.63. The minimum atomic E-state index is 0.688. The van der Waals surface area contributed by atoms with Crippen molar-refractivity contribution in [3.05, 3.63) is 59.7 Å². The molecule has 0 atom stereocenters. The second-order valence-corrected chi connectivity index (χ2v) is 15.5. The molecular weight excluding hydrogens is 637 g/mol. The van der Waals surface area contributed by atoms with Gasteiger partial charge in [-0.25, -0.2) is 0 Å². The van der Waals surface area contributed by atoms with Crippen LogP contribution < -0.4 is 0 Å². The molecule has 0 N–H and O–H groups in total. The number of rotatable bonds is 37. The van der Waals surface area contributed by atoms with E-state index in [2.05, 4.69) is 86.0 Å². The molecule has 0 aliphatic heterocycles. The molecule has 4 heteroatoms. The molecule has 0 spiro atoms. The van der Waals surface area contributed by atoms with Gasteiger partial charge in [0.2, 0.25) is 0 Å². The zero-order chi connectivity index (χ0) is 37.2. The lowest BCUT2D eigenvalue weighted by Crippen LogP contribution is -2.30. The van der Waals surface area contributed by atoms with E-state index in [0.29, 0.717) is 13.2 Å². The van der Waals surface area contributed by atoms with E-state index in [4.69, 9.17) is 9.47 Å². The van der Waals surface area contributed by atoms with E-state index in [9.17, 15) is 0 Å². The standard InChI is InChI=1S/C48H84N2O2/c1-5-9-13-17-21-25-37-49(35-23-19-15-11-7-3)39-41-51-43-45-27-31-47(32-28-45)48-33-29-46(30-34-48)44-52-42-40-50(36-24-20-16-12-8-4)38-26-22-18-14-10-6-2/h27-34H,5-26,35-44H2,1-4H3. The number of unbranched alkanes of at least 4 members (excludes halogenated alkanes) is 18. The van der Waals surface area contributed by atoms with Crippen molar-refractivity contribution in [3.8, 4) is 11.1 Å². The van der Waals surface area contributed by atoms with Gasteiger partial charge in [0, 0.05) is 13.1 Å². The molecule has 2 rings (SSSR count). The van der Waals surface area contributed by atoms with E-state index < -0.39 is 0 Å². The van der Waals surface area contributed by atoms with Gasteiger partial charge in [-0.05, 0) is 74.1 Å². The molecule has 0 aromatic heterocycles. The molecule has 0 aliphatic rings. The molecule has 0 heterocycles. The lowest BCUT2D eigenvalue weighted by Gasteiger charge is -2.22. The first-order valence-corrected chi connectivity index (χ1v) is 22.5. The summed E-state index contributed by atoms with van der Waals surface area (Å²) in [6.07, 6.45) is 29.9. The molecule has 0 radical (unpaired) electrons. The van der Waals surface area contributed by atoms with E-state index in [0.717, 1.165) is 26.3 Å². The van der Waals surface area contributed by atoms with Crippen LogP contribution in [0.15, 0.2) is 48.5 Å². The van der Waals surface area contributed by atoms with E-state index in [1.165, 1.54) is 190 Å². The molecule has 4 nitrogen and oxygen atoms in total. The highest BCUT2D eigenvalue weighted by atomic mass is 16.5. The Morgan fingerprint density at radius 2 is 0.596 bits per heavy atom. The van der Waals surface area contributed by atoms with Crippen molar-refractivity contribution < 1.29 is 9.47 Å².